The second-order valence-electron chi connectivity index (χ2n) is 5.68. The Morgan fingerprint density at radius 2 is 1.89 bits per heavy atom. The molecule has 3 rings (SSSR count). The average Bonchev–Trinajstić information content (AvgIpc) is 2.46. The van der Waals surface area contributed by atoms with Crippen LogP contribution in [0.15, 0.2) is 24.3 Å². The Labute approximate surface area is 113 Å². The van der Waals surface area contributed by atoms with Gasteiger partial charge in [-0.25, -0.2) is 0 Å². The molecule has 0 radical (unpaired) electrons. The van der Waals surface area contributed by atoms with Crippen LogP contribution in [0, 0.1) is 17.2 Å². The standard InChI is InChI=1S/C16H18N2O/c17-10-11-4-1-2-7-15(11)16(19)12-8-13-5-3-6-14(9-12)18-13/h1-2,4,7,12-14,18H,3,5-6,8-9H2. The topological polar surface area (TPSA) is 52.9 Å². The van der Waals surface area contributed by atoms with Crippen molar-refractivity contribution >= 4 is 5.78 Å². The Hall–Kier alpha value is -1.66. The monoisotopic (exact) mass is 254 g/mol. The van der Waals surface area contributed by atoms with Crippen LogP contribution in [0.25, 0.3) is 0 Å². The maximum Gasteiger partial charge on any atom is 0.167 e. The van der Waals surface area contributed by atoms with Crippen LogP contribution in [0.4, 0.5) is 0 Å². The van der Waals surface area contributed by atoms with Gasteiger partial charge in [-0.05, 0) is 31.7 Å². The molecule has 2 saturated heterocycles. The van der Waals surface area contributed by atoms with Gasteiger partial charge in [-0.15, -0.1) is 0 Å². The van der Waals surface area contributed by atoms with Gasteiger partial charge < -0.3 is 5.32 Å². The zero-order valence-electron chi connectivity index (χ0n) is 10.9. The smallest absolute Gasteiger partial charge is 0.167 e. The average molecular weight is 254 g/mol. The van der Waals surface area contributed by atoms with Crippen LogP contribution in [0.3, 0.4) is 0 Å². The summed E-state index contributed by atoms with van der Waals surface area (Å²) in [5.41, 5.74) is 1.12. The van der Waals surface area contributed by atoms with Gasteiger partial charge >= 0.3 is 0 Å². The molecule has 2 atom stereocenters. The first-order chi connectivity index (χ1) is 9.28. The van der Waals surface area contributed by atoms with Crippen molar-refractivity contribution < 1.29 is 4.79 Å². The number of Topliss-reactive ketones (excluding diaryl/α,β-unsaturated/α-hetero) is 1. The van der Waals surface area contributed by atoms with E-state index in [4.69, 9.17) is 5.26 Å². The molecule has 0 aromatic heterocycles. The normalized spacial score (nSPS) is 29.5. The first kappa shape index (κ1) is 12.4. The van der Waals surface area contributed by atoms with Crippen LogP contribution in [0.2, 0.25) is 0 Å². The largest absolute Gasteiger partial charge is 0.311 e. The lowest BCUT2D eigenvalue weighted by molar-refractivity contribution is 0.0825. The minimum Gasteiger partial charge on any atom is -0.311 e. The van der Waals surface area contributed by atoms with Gasteiger partial charge in [0, 0.05) is 23.6 Å². The van der Waals surface area contributed by atoms with Crippen LogP contribution in [0.1, 0.15) is 48.0 Å². The Balaban J connectivity index is 1.82. The number of nitriles is 1. The summed E-state index contributed by atoms with van der Waals surface area (Å²) in [6.07, 6.45) is 5.49. The summed E-state index contributed by atoms with van der Waals surface area (Å²) in [6, 6.07) is 10.3. The number of fused-ring (bicyclic) bond motifs is 2. The minimum atomic E-state index is 0.0889. The van der Waals surface area contributed by atoms with Crippen molar-refractivity contribution in [1.82, 2.24) is 5.32 Å². The lowest BCUT2D eigenvalue weighted by Crippen LogP contribution is -2.50. The molecule has 0 spiro atoms. The highest BCUT2D eigenvalue weighted by atomic mass is 16.1. The number of piperidine rings is 2. The highest BCUT2D eigenvalue weighted by Gasteiger charge is 2.35. The van der Waals surface area contributed by atoms with Crippen LogP contribution < -0.4 is 5.32 Å². The number of rotatable bonds is 2. The summed E-state index contributed by atoms with van der Waals surface area (Å²) in [6.45, 7) is 0. The molecule has 2 fully saturated rings. The number of carbonyl (C=O) groups excluding carboxylic acids is 1. The van der Waals surface area contributed by atoms with Gasteiger partial charge in [-0.1, -0.05) is 24.6 Å². The van der Waals surface area contributed by atoms with Crippen LogP contribution >= 0.6 is 0 Å². The van der Waals surface area contributed by atoms with Gasteiger partial charge in [0.1, 0.15) is 0 Å². The van der Waals surface area contributed by atoms with Gasteiger partial charge in [0.25, 0.3) is 0 Å². The Kier molecular flexibility index (Phi) is 3.35. The van der Waals surface area contributed by atoms with E-state index in [-0.39, 0.29) is 11.7 Å². The maximum absolute atomic E-state index is 12.6. The van der Waals surface area contributed by atoms with Crippen molar-refractivity contribution in [1.29, 1.82) is 5.26 Å². The molecule has 3 nitrogen and oxygen atoms in total. The summed E-state index contributed by atoms with van der Waals surface area (Å²) < 4.78 is 0. The number of hydrogen-bond donors (Lipinski definition) is 1. The van der Waals surface area contributed by atoms with Gasteiger partial charge in [0.05, 0.1) is 11.6 Å². The third-order valence-electron chi connectivity index (χ3n) is 4.40. The lowest BCUT2D eigenvalue weighted by Gasteiger charge is -2.39. The van der Waals surface area contributed by atoms with E-state index < -0.39 is 0 Å². The number of carbonyl (C=O) groups is 1. The molecule has 2 aliphatic heterocycles. The number of nitrogens with zero attached hydrogens (tertiary/aromatic N) is 1. The van der Waals surface area contributed by atoms with E-state index in [1.54, 1.807) is 12.1 Å². The summed E-state index contributed by atoms with van der Waals surface area (Å²) in [5, 5.41) is 12.7. The van der Waals surface area contributed by atoms with E-state index in [0.717, 1.165) is 12.8 Å². The van der Waals surface area contributed by atoms with E-state index in [9.17, 15) is 4.79 Å². The molecular weight excluding hydrogens is 236 g/mol. The van der Waals surface area contributed by atoms with E-state index in [0.29, 0.717) is 23.2 Å². The number of nitrogens with one attached hydrogen (secondary N) is 1. The summed E-state index contributed by atoms with van der Waals surface area (Å²) in [4.78, 5) is 12.6. The van der Waals surface area contributed by atoms with E-state index in [1.165, 1.54) is 19.3 Å². The molecule has 2 bridgehead atoms. The summed E-state index contributed by atoms with van der Waals surface area (Å²) in [7, 11) is 0. The molecule has 1 aromatic rings. The molecular formula is C16H18N2O. The molecule has 1 N–H and O–H groups in total. The Bertz CT molecular complexity index is 520. The zero-order valence-corrected chi connectivity index (χ0v) is 10.9. The van der Waals surface area contributed by atoms with Crippen LogP contribution in [-0.2, 0) is 0 Å². The molecule has 2 heterocycles. The van der Waals surface area contributed by atoms with Gasteiger partial charge in [0.2, 0.25) is 0 Å². The van der Waals surface area contributed by atoms with Crippen molar-refractivity contribution in [2.75, 3.05) is 0 Å². The minimum absolute atomic E-state index is 0.0889. The van der Waals surface area contributed by atoms with Crippen molar-refractivity contribution in [3.63, 3.8) is 0 Å². The molecule has 3 heteroatoms. The van der Waals surface area contributed by atoms with Crippen LogP contribution in [-0.4, -0.2) is 17.9 Å². The highest BCUT2D eigenvalue weighted by molar-refractivity contribution is 6.00. The first-order valence-electron chi connectivity index (χ1n) is 7.07. The fourth-order valence-electron chi connectivity index (χ4n) is 3.50. The first-order valence-corrected chi connectivity index (χ1v) is 7.07. The molecule has 2 unspecified atom stereocenters. The quantitative estimate of drug-likeness (QED) is 0.825. The Morgan fingerprint density at radius 3 is 2.58 bits per heavy atom. The number of hydrogen-bond acceptors (Lipinski definition) is 3. The van der Waals surface area contributed by atoms with Gasteiger partial charge in [-0.2, -0.15) is 5.26 Å². The number of ketones is 1. The number of benzene rings is 1. The molecule has 0 saturated carbocycles. The third-order valence-corrected chi connectivity index (χ3v) is 4.40. The van der Waals surface area contributed by atoms with Crippen molar-refractivity contribution in [3.8, 4) is 6.07 Å². The maximum atomic E-state index is 12.6. The fraction of sp³-hybridized carbons (Fsp3) is 0.500. The SMILES string of the molecule is N#Cc1ccccc1C(=O)C1CC2CCCC(C1)N2. The van der Waals surface area contributed by atoms with Crippen molar-refractivity contribution in [3.05, 3.63) is 35.4 Å². The highest BCUT2D eigenvalue weighted by Crippen LogP contribution is 2.32. The molecule has 0 aliphatic carbocycles. The van der Waals surface area contributed by atoms with Gasteiger partial charge in [-0.3, -0.25) is 4.79 Å². The van der Waals surface area contributed by atoms with Crippen molar-refractivity contribution in [2.24, 2.45) is 5.92 Å². The fourth-order valence-corrected chi connectivity index (χ4v) is 3.50. The van der Waals surface area contributed by atoms with E-state index >= 15 is 0 Å². The second kappa shape index (κ2) is 5.14. The summed E-state index contributed by atoms with van der Waals surface area (Å²) >= 11 is 0. The zero-order chi connectivity index (χ0) is 13.2. The predicted molar refractivity (Wildman–Crippen MR) is 72.8 cm³/mol. The predicted octanol–water partition coefficient (Wildman–Crippen LogP) is 2.66. The molecule has 1 aromatic carbocycles. The lowest BCUT2D eigenvalue weighted by atomic mass is 9.77. The van der Waals surface area contributed by atoms with Gasteiger partial charge in [0.15, 0.2) is 5.78 Å². The third kappa shape index (κ3) is 2.41. The van der Waals surface area contributed by atoms with Crippen LogP contribution in [0.5, 0.6) is 0 Å². The summed E-state index contributed by atoms with van der Waals surface area (Å²) in [5.74, 6) is 0.251. The Morgan fingerprint density at radius 1 is 1.21 bits per heavy atom. The molecule has 2 aliphatic rings. The van der Waals surface area contributed by atoms with Crippen molar-refractivity contribution in [2.45, 2.75) is 44.2 Å². The molecule has 19 heavy (non-hydrogen) atoms. The van der Waals surface area contributed by atoms with E-state index in [2.05, 4.69) is 11.4 Å². The second-order valence-corrected chi connectivity index (χ2v) is 5.68. The molecule has 0 amide bonds. The molecule has 98 valence electrons. The van der Waals surface area contributed by atoms with E-state index in [1.807, 2.05) is 12.1 Å².